The second-order valence-electron chi connectivity index (χ2n) is 3.20. The monoisotopic (exact) mass is 201 g/mol. The molecule has 0 radical (unpaired) electrons. The first-order chi connectivity index (χ1) is 7.31. The fraction of sp³-hybridized carbons (Fsp3) is 0.231. The summed E-state index contributed by atoms with van der Waals surface area (Å²) in [6, 6.07) is 7.53. The van der Waals surface area contributed by atoms with Crippen molar-refractivity contribution in [3.05, 3.63) is 41.5 Å². The summed E-state index contributed by atoms with van der Waals surface area (Å²) in [4.78, 5) is 14.6. The Morgan fingerprint density at radius 3 is 2.87 bits per heavy atom. The fourth-order valence-corrected chi connectivity index (χ4v) is 1.40. The molecule has 0 aliphatic heterocycles. The molecule has 0 fully saturated rings. The van der Waals surface area contributed by atoms with Crippen LogP contribution in [0.15, 0.2) is 35.3 Å². The van der Waals surface area contributed by atoms with E-state index >= 15 is 0 Å². The van der Waals surface area contributed by atoms with Crippen molar-refractivity contribution in [2.24, 2.45) is 4.99 Å². The van der Waals surface area contributed by atoms with Gasteiger partial charge in [0.15, 0.2) is 0 Å². The Morgan fingerprint density at radius 2 is 2.27 bits per heavy atom. The molecule has 0 aliphatic carbocycles. The maximum atomic E-state index is 10.6. The highest BCUT2D eigenvalue weighted by Crippen LogP contribution is 2.14. The van der Waals surface area contributed by atoms with Crippen LogP contribution in [0.1, 0.15) is 29.3 Å². The number of aldehydes is 1. The van der Waals surface area contributed by atoms with Gasteiger partial charge in [0.25, 0.3) is 0 Å². The van der Waals surface area contributed by atoms with Crippen LogP contribution in [0.3, 0.4) is 0 Å². The molecule has 0 aromatic heterocycles. The van der Waals surface area contributed by atoms with Gasteiger partial charge in [-0.2, -0.15) is 0 Å². The first kappa shape index (κ1) is 11.4. The van der Waals surface area contributed by atoms with E-state index in [0.717, 1.165) is 23.8 Å². The minimum Gasteiger partial charge on any atom is -0.298 e. The summed E-state index contributed by atoms with van der Waals surface area (Å²) < 4.78 is 0. The molecule has 2 nitrogen and oxygen atoms in total. The van der Waals surface area contributed by atoms with Crippen LogP contribution in [0.25, 0.3) is 5.57 Å². The lowest BCUT2D eigenvalue weighted by molar-refractivity contribution is 0.112. The molecule has 0 saturated carbocycles. The molecule has 0 unspecified atom stereocenters. The van der Waals surface area contributed by atoms with Crippen LogP contribution in [-0.2, 0) is 0 Å². The van der Waals surface area contributed by atoms with Crippen LogP contribution in [0.4, 0.5) is 0 Å². The van der Waals surface area contributed by atoms with Crippen LogP contribution in [0, 0.1) is 0 Å². The molecule has 0 saturated heterocycles. The van der Waals surface area contributed by atoms with Gasteiger partial charge in [-0.05, 0) is 23.6 Å². The predicted molar refractivity (Wildman–Crippen MR) is 64.5 cm³/mol. The van der Waals surface area contributed by atoms with Crippen molar-refractivity contribution >= 4 is 18.1 Å². The van der Waals surface area contributed by atoms with Gasteiger partial charge in [-0.3, -0.25) is 9.79 Å². The first-order valence-corrected chi connectivity index (χ1v) is 4.99. The third kappa shape index (κ3) is 3.17. The third-order valence-electron chi connectivity index (χ3n) is 2.05. The molecule has 0 heterocycles. The maximum Gasteiger partial charge on any atom is 0.150 e. The van der Waals surface area contributed by atoms with Crippen LogP contribution in [0.5, 0.6) is 0 Å². The number of aliphatic imine (C=N–C) groups is 1. The second kappa shape index (κ2) is 5.91. The Bertz CT molecular complexity index is 391. The Kier molecular flexibility index (Phi) is 4.48. The van der Waals surface area contributed by atoms with E-state index in [2.05, 4.69) is 18.0 Å². The van der Waals surface area contributed by atoms with Gasteiger partial charge in [0.2, 0.25) is 0 Å². The van der Waals surface area contributed by atoms with E-state index < -0.39 is 0 Å². The zero-order valence-corrected chi connectivity index (χ0v) is 9.10. The van der Waals surface area contributed by atoms with Crippen molar-refractivity contribution in [2.45, 2.75) is 13.3 Å². The van der Waals surface area contributed by atoms with Crippen LogP contribution in [0.2, 0.25) is 0 Å². The number of allylic oxidation sites excluding steroid dienone is 2. The summed E-state index contributed by atoms with van der Waals surface area (Å²) in [6.07, 6.45) is 5.72. The molecule has 0 N–H and O–H groups in total. The number of rotatable bonds is 4. The molecule has 0 spiro atoms. The van der Waals surface area contributed by atoms with E-state index in [1.165, 1.54) is 0 Å². The molecule has 1 aromatic rings. The van der Waals surface area contributed by atoms with E-state index in [9.17, 15) is 4.79 Å². The zero-order chi connectivity index (χ0) is 11.1. The van der Waals surface area contributed by atoms with Gasteiger partial charge in [0.1, 0.15) is 6.29 Å². The van der Waals surface area contributed by atoms with Gasteiger partial charge in [0.05, 0.1) is 0 Å². The van der Waals surface area contributed by atoms with Crippen LogP contribution < -0.4 is 0 Å². The van der Waals surface area contributed by atoms with Crippen molar-refractivity contribution < 1.29 is 4.79 Å². The average Bonchev–Trinajstić information content (AvgIpc) is 2.29. The second-order valence-corrected chi connectivity index (χ2v) is 3.20. The lowest BCUT2D eigenvalue weighted by atomic mass is 10.0. The normalized spacial score (nSPS) is 12.0. The van der Waals surface area contributed by atoms with Crippen LogP contribution in [-0.4, -0.2) is 19.5 Å². The van der Waals surface area contributed by atoms with Gasteiger partial charge >= 0.3 is 0 Å². The lowest BCUT2D eigenvalue weighted by Gasteiger charge is -2.02. The Hall–Kier alpha value is -1.70. The van der Waals surface area contributed by atoms with E-state index in [1.807, 2.05) is 24.4 Å². The summed E-state index contributed by atoms with van der Waals surface area (Å²) in [5.41, 5.74) is 2.79. The number of carbonyl (C=O) groups is 1. The van der Waals surface area contributed by atoms with Crippen molar-refractivity contribution in [2.75, 3.05) is 7.05 Å². The van der Waals surface area contributed by atoms with Crippen molar-refractivity contribution in [3.63, 3.8) is 0 Å². The predicted octanol–water partition coefficient (Wildman–Crippen LogP) is 2.99. The minimum atomic E-state index is 0.694. The number of benzene rings is 1. The number of hydrogen-bond acceptors (Lipinski definition) is 2. The highest BCUT2D eigenvalue weighted by molar-refractivity contribution is 6.10. The highest BCUT2D eigenvalue weighted by atomic mass is 16.1. The minimum absolute atomic E-state index is 0.694. The summed E-state index contributed by atoms with van der Waals surface area (Å²) in [7, 11) is 1.74. The molecular formula is C13H15NO. The molecule has 2 heteroatoms. The smallest absolute Gasteiger partial charge is 0.150 e. The van der Waals surface area contributed by atoms with Crippen molar-refractivity contribution in [3.8, 4) is 0 Å². The largest absolute Gasteiger partial charge is 0.298 e. The third-order valence-corrected chi connectivity index (χ3v) is 2.05. The standard InChI is InChI=1S/C13H15NO/c1-3-5-13(9-14-2)12-7-4-6-11(8-12)10-15/h4-10H,3H2,1-2H3/b13-5+,14-9?. The molecule has 0 amide bonds. The topological polar surface area (TPSA) is 29.4 Å². The Balaban J connectivity index is 3.11. The molecule has 0 aliphatic rings. The first-order valence-electron chi connectivity index (χ1n) is 4.99. The SMILES string of the molecule is CC/C=C(\C=NC)c1cccc(C=O)c1. The average molecular weight is 201 g/mol. The van der Waals surface area contributed by atoms with Crippen molar-refractivity contribution in [1.29, 1.82) is 0 Å². The number of hydrogen-bond donors (Lipinski definition) is 0. The summed E-state index contributed by atoms with van der Waals surface area (Å²) in [6.45, 7) is 2.08. The van der Waals surface area contributed by atoms with E-state index in [4.69, 9.17) is 0 Å². The van der Waals surface area contributed by atoms with E-state index in [0.29, 0.717) is 5.56 Å². The van der Waals surface area contributed by atoms with Gasteiger partial charge in [-0.1, -0.05) is 31.2 Å². The zero-order valence-electron chi connectivity index (χ0n) is 9.10. The number of nitrogens with zero attached hydrogens (tertiary/aromatic N) is 1. The molecule has 0 atom stereocenters. The summed E-state index contributed by atoms with van der Waals surface area (Å²) in [5, 5.41) is 0. The summed E-state index contributed by atoms with van der Waals surface area (Å²) >= 11 is 0. The van der Waals surface area contributed by atoms with E-state index in [-0.39, 0.29) is 0 Å². The Morgan fingerprint density at radius 1 is 1.47 bits per heavy atom. The summed E-state index contributed by atoms with van der Waals surface area (Å²) in [5.74, 6) is 0. The quantitative estimate of drug-likeness (QED) is 0.544. The fourth-order valence-electron chi connectivity index (χ4n) is 1.40. The highest BCUT2D eigenvalue weighted by Gasteiger charge is 1.98. The number of carbonyl (C=O) groups excluding carboxylic acids is 1. The lowest BCUT2D eigenvalue weighted by Crippen LogP contribution is -1.88. The molecular weight excluding hydrogens is 186 g/mol. The molecule has 1 aromatic carbocycles. The Labute approximate surface area is 90.4 Å². The maximum absolute atomic E-state index is 10.6. The molecule has 0 bridgehead atoms. The van der Waals surface area contributed by atoms with Crippen LogP contribution >= 0.6 is 0 Å². The van der Waals surface area contributed by atoms with Gasteiger partial charge in [-0.15, -0.1) is 0 Å². The van der Waals surface area contributed by atoms with Gasteiger partial charge < -0.3 is 0 Å². The molecule has 15 heavy (non-hydrogen) atoms. The molecule has 1 rings (SSSR count). The molecule has 78 valence electrons. The van der Waals surface area contributed by atoms with Gasteiger partial charge in [-0.25, -0.2) is 0 Å². The van der Waals surface area contributed by atoms with Crippen molar-refractivity contribution in [1.82, 2.24) is 0 Å². The van der Waals surface area contributed by atoms with Gasteiger partial charge in [0, 0.05) is 18.8 Å². The van der Waals surface area contributed by atoms with E-state index in [1.54, 1.807) is 13.1 Å².